The fraction of sp³-hybridized carbons (Fsp3) is 0.500. The first kappa shape index (κ1) is 44.9. The van der Waals surface area contributed by atoms with E-state index in [2.05, 4.69) is 16.0 Å². The van der Waals surface area contributed by atoms with Crippen LogP contribution in [0.1, 0.15) is 107 Å². The number of carbonyl (C=O) groups is 6. The summed E-state index contributed by atoms with van der Waals surface area (Å²) in [5.74, 6) is -7.38. The lowest BCUT2D eigenvalue weighted by molar-refractivity contribution is -0.144. The molecule has 0 saturated heterocycles. The molecule has 21 heteroatoms. The van der Waals surface area contributed by atoms with Gasteiger partial charge in [-0.05, 0) is 67.0 Å². The molecule has 0 saturated carbocycles. The van der Waals surface area contributed by atoms with E-state index in [9.17, 15) is 70.3 Å². The molecule has 57 heavy (non-hydrogen) atoms. The first-order chi connectivity index (χ1) is 26.6. The summed E-state index contributed by atoms with van der Waals surface area (Å²) in [6, 6.07) is 0.830. The van der Waals surface area contributed by atoms with Crippen LogP contribution < -0.4 is 21.4 Å². The Morgan fingerprint density at radius 2 is 1.51 bits per heavy atom. The van der Waals surface area contributed by atoms with Gasteiger partial charge in [0.25, 0.3) is 11.8 Å². The topological polar surface area (TPSA) is 218 Å². The second kappa shape index (κ2) is 18.6. The fourth-order valence-electron chi connectivity index (χ4n) is 6.31. The number of fused-ring (bicyclic) bond motifs is 2. The van der Waals surface area contributed by atoms with Crippen molar-refractivity contribution in [1.82, 2.24) is 16.0 Å². The monoisotopic (exact) mass is 815 g/mol. The van der Waals surface area contributed by atoms with Gasteiger partial charge >= 0.3 is 25.4 Å². The molecule has 6 N–H and O–H groups in total. The molecule has 310 valence electrons. The van der Waals surface area contributed by atoms with E-state index in [4.69, 9.17) is 9.39 Å². The van der Waals surface area contributed by atoms with E-state index >= 15 is 0 Å². The van der Waals surface area contributed by atoms with Crippen LogP contribution >= 0.6 is 0 Å². The van der Waals surface area contributed by atoms with Crippen molar-refractivity contribution in [3.05, 3.63) is 63.2 Å². The standard InChI is InChI=1S/C36H40BF6N3O11/c1-17(18(2)47)5-3-4-8-44-30(49)7-6-19(33(52)53)13-29(48)28(46-32(51)21-11-26(36(41,42)43)24-16-57-37(55)27(24)12-21)14-45-31(50)20-9-22-23(15-56-34(22)54)25(10-20)35(38,39)40/h9-12,17,19,28,34,54-55H,3-8,13-16H2,1-2H3,(H,44,49)(H,45,50)(H,46,51)(H,52,53)/t17-,19-,28-,34?/m0/s1. The Morgan fingerprint density at radius 3 is 2.12 bits per heavy atom. The summed E-state index contributed by atoms with van der Waals surface area (Å²) in [7, 11) is -1.83. The fourth-order valence-corrected chi connectivity index (χ4v) is 6.31. The van der Waals surface area contributed by atoms with Gasteiger partial charge in [0.05, 0.1) is 30.3 Å². The number of aliphatic carboxylic acids is 1. The summed E-state index contributed by atoms with van der Waals surface area (Å²) < 4.78 is 93.1. The smallest absolute Gasteiger partial charge is 0.481 e. The van der Waals surface area contributed by atoms with Gasteiger partial charge in [0, 0.05) is 48.5 Å². The molecule has 0 spiro atoms. The number of rotatable bonds is 18. The van der Waals surface area contributed by atoms with Crippen molar-refractivity contribution in [2.24, 2.45) is 11.8 Å². The maximum absolute atomic E-state index is 13.9. The van der Waals surface area contributed by atoms with E-state index in [1.165, 1.54) is 6.92 Å². The zero-order valence-corrected chi connectivity index (χ0v) is 30.6. The molecule has 2 aliphatic heterocycles. The van der Waals surface area contributed by atoms with Gasteiger partial charge in [-0.1, -0.05) is 13.3 Å². The molecule has 3 amide bonds. The number of halogens is 6. The summed E-state index contributed by atoms with van der Waals surface area (Å²) in [5, 5.41) is 36.9. The molecule has 2 aromatic carbocycles. The van der Waals surface area contributed by atoms with Crippen LogP contribution in [0.2, 0.25) is 0 Å². The molecule has 2 aromatic rings. The van der Waals surface area contributed by atoms with Crippen LogP contribution in [0.5, 0.6) is 0 Å². The highest BCUT2D eigenvalue weighted by molar-refractivity contribution is 6.61. The number of aliphatic hydroxyl groups excluding tert-OH is 1. The summed E-state index contributed by atoms with van der Waals surface area (Å²) in [4.78, 5) is 76.2. The number of carboxylic acid groups (broad SMARTS) is 1. The van der Waals surface area contributed by atoms with Crippen LogP contribution in [0, 0.1) is 11.8 Å². The number of ether oxygens (including phenoxy) is 1. The molecule has 1 unspecified atom stereocenters. The number of aliphatic hydroxyl groups is 1. The average Bonchev–Trinajstić information content (AvgIpc) is 3.70. The minimum Gasteiger partial charge on any atom is -0.481 e. The number of ketones is 2. The van der Waals surface area contributed by atoms with Gasteiger partial charge in [0.15, 0.2) is 12.1 Å². The zero-order chi connectivity index (χ0) is 42.4. The average molecular weight is 816 g/mol. The molecule has 0 aliphatic carbocycles. The number of carbonyl (C=O) groups excluding carboxylic acids is 5. The van der Waals surface area contributed by atoms with Crippen molar-refractivity contribution in [3.63, 3.8) is 0 Å². The summed E-state index contributed by atoms with van der Waals surface area (Å²) >= 11 is 0. The predicted molar refractivity (Wildman–Crippen MR) is 185 cm³/mol. The Kier molecular flexibility index (Phi) is 14.6. The molecule has 4 rings (SSSR count). The molecule has 0 radical (unpaired) electrons. The van der Waals surface area contributed by atoms with E-state index in [0.29, 0.717) is 31.4 Å². The third kappa shape index (κ3) is 11.6. The van der Waals surface area contributed by atoms with Gasteiger partial charge < -0.3 is 40.6 Å². The molecule has 4 atom stereocenters. The molecule has 14 nitrogen and oxygen atoms in total. The van der Waals surface area contributed by atoms with Gasteiger partial charge in [0.1, 0.15) is 11.8 Å². The number of hydrogen-bond acceptors (Lipinski definition) is 10. The van der Waals surface area contributed by atoms with Gasteiger partial charge in [-0.15, -0.1) is 0 Å². The van der Waals surface area contributed by atoms with E-state index in [1.807, 2.05) is 0 Å². The van der Waals surface area contributed by atoms with Crippen molar-refractivity contribution in [2.75, 3.05) is 13.1 Å². The van der Waals surface area contributed by atoms with Crippen molar-refractivity contribution in [2.45, 2.75) is 90.3 Å². The van der Waals surface area contributed by atoms with Gasteiger partial charge in [-0.25, -0.2) is 0 Å². The van der Waals surface area contributed by atoms with E-state index < -0.39 is 127 Å². The van der Waals surface area contributed by atoms with Crippen LogP contribution in [0.3, 0.4) is 0 Å². The highest BCUT2D eigenvalue weighted by Gasteiger charge is 2.42. The number of carboxylic acids is 1. The lowest BCUT2D eigenvalue weighted by Crippen LogP contribution is -2.49. The Morgan fingerprint density at radius 1 is 0.877 bits per heavy atom. The Bertz CT molecular complexity index is 1890. The molecular weight excluding hydrogens is 775 g/mol. The van der Waals surface area contributed by atoms with Crippen LogP contribution in [-0.2, 0) is 54.1 Å². The normalized spacial score (nSPS) is 16.6. The summed E-state index contributed by atoms with van der Waals surface area (Å²) in [6.07, 6.45) is -11.6. The molecule has 0 fully saturated rings. The second-order valence-electron chi connectivity index (χ2n) is 13.8. The van der Waals surface area contributed by atoms with Crippen molar-refractivity contribution >= 4 is 47.8 Å². The van der Waals surface area contributed by atoms with Crippen molar-refractivity contribution < 1.29 is 79.7 Å². The number of unbranched alkanes of at least 4 members (excludes halogenated alkanes) is 1. The Labute approximate surface area is 321 Å². The highest BCUT2D eigenvalue weighted by atomic mass is 19.4. The second-order valence-corrected chi connectivity index (χ2v) is 13.8. The SMILES string of the molecule is CC(=O)[C@@H](C)CCCCNC(=O)CC[C@@H](CC(=O)[C@H](CNC(=O)c1cc2c(c(C(F)(F)F)c1)COC2O)NC(=O)c1cc2c(c(C(F)(F)F)c1)COB2O)C(=O)O. The Balaban J connectivity index is 1.53. The summed E-state index contributed by atoms with van der Waals surface area (Å²) in [5.41, 5.74) is -5.56. The van der Waals surface area contributed by atoms with Gasteiger partial charge in [-0.3, -0.25) is 28.8 Å². The van der Waals surface area contributed by atoms with Crippen molar-refractivity contribution in [1.29, 1.82) is 0 Å². The molecular formula is C36H40BF6N3O11. The van der Waals surface area contributed by atoms with Crippen LogP contribution in [-0.4, -0.2) is 76.7 Å². The highest BCUT2D eigenvalue weighted by Crippen LogP contribution is 2.40. The lowest BCUT2D eigenvalue weighted by atomic mass is 9.77. The first-order valence-electron chi connectivity index (χ1n) is 17.8. The van der Waals surface area contributed by atoms with Gasteiger partial charge in [0.2, 0.25) is 5.91 Å². The number of alkyl halides is 6. The minimum atomic E-state index is -5.02. The molecule has 0 aromatic heterocycles. The molecule has 0 bridgehead atoms. The molecule has 2 aliphatic rings. The zero-order valence-electron chi connectivity index (χ0n) is 30.6. The maximum Gasteiger partial charge on any atom is 0.491 e. The quantitative estimate of drug-likeness (QED) is 0.0731. The first-order valence-corrected chi connectivity index (χ1v) is 17.8. The number of nitrogens with one attached hydrogen (secondary N) is 3. The number of hydrogen-bond donors (Lipinski definition) is 6. The summed E-state index contributed by atoms with van der Waals surface area (Å²) in [6.45, 7) is 1.34. The minimum absolute atomic E-state index is 0.0288. The van der Waals surface area contributed by atoms with E-state index in [-0.39, 0.29) is 42.1 Å². The van der Waals surface area contributed by atoms with E-state index in [1.54, 1.807) is 6.92 Å². The van der Waals surface area contributed by atoms with Crippen LogP contribution in [0.25, 0.3) is 0 Å². The largest absolute Gasteiger partial charge is 0.491 e. The number of Topliss-reactive ketones (excluding diaryl/α,β-unsaturated/α-hetero) is 2. The van der Waals surface area contributed by atoms with E-state index in [0.717, 1.165) is 12.1 Å². The molecule has 2 heterocycles. The maximum atomic E-state index is 13.9. The third-order valence-corrected chi connectivity index (χ3v) is 9.76. The Hall–Kier alpha value is -4.86. The number of amides is 3. The van der Waals surface area contributed by atoms with Crippen LogP contribution in [0.15, 0.2) is 24.3 Å². The van der Waals surface area contributed by atoms with Crippen molar-refractivity contribution in [3.8, 4) is 0 Å². The van der Waals surface area contributed by atoms with Crippen LogP contribution in [0.4, 0.5) is 26.3 Å². The third-order valence-electron chi connectivity index (χ3n) is 9.76. The number of benzene rings is 2. The predicted octanol–water partition coefficient (Wildman–Crippen LogP) is 2.94. The lowest BCUT2D eigenvalue weighted by Gasteiger charge is -2.22. The van der Waals surface area contributed by atoms with Gasteiger partial charge in [-0.2, -0.15) is 26.3 Å².